The highest BCUT2D eigenvalue weighted by Gasteiger charge is 2.25. The molecule has 0 atom stereocenters. The van der Waals surface area contributed by atoms with Crippen molar-refractivity contribution in [3.8, 4) is 11.3 Å². The minimum Gasteiger partial charge on any atom is -0.366 e. The molecule has 1 aromatic carbocycles. The summed E-state index contributed by atoms with van der Waals surface area (Å²) in [4.78, 5) is 44.3. The number of nitro benzene ring substituents is 1. The zero-order valence-electron chi connectivity index (χ0n) is 17.3. The summed E-state index contributed by atoms with van der Waals surface area (Å²) in [6.07, 6.45) is 3.56. The van der Waals surface area contributed by atoms with Gasteiger partial charge in [0, 0.05) is 41.9 Å². The molecule has 3 aromatic rings. The van der Waals surface area contributed by atoms with E-state index in [2.05, 4.69) is 22.2 Å². The van der Waals surface area contributed by atoms with Gasteiger partial charge < -0.3 is 15.6 Å². The molecule has 1 aliphatic rings. The summed E-state index contributed by atoms with van der Waals surface area (Å²) in [6, 6.07) is 6.12. The number of hydrogen-bond acceptors (Lipinski definition) is 7. The van der Waals surface area contributed by atoms with Crippen LogP contribution in [0.2, 0.25) is 0 Å². The van der Waals surface area contributed by atoms with Crippen molar-refractivity contribution in [2.24, 2.45) is 11.7 Å². The van der Waals surface area contributed by atoms with Crippen molar-refractivity contribution in [2.75, 3.05) is 23.3 Å². The molecule has 0 bridgehead atoms. The quantitative estimate of drug-likeness (QED) is 0.383. The van der Waals surface area contributed by atoms with Crippen LogP contribution in [-0.4, -0.2) is 39.8 Å². The van der Waals surface area contributed by atoms with Gasteiger partial charge >= 0.3 is 0 Å². The Balaban J connectivity index is 1.51. The molecule has 0 unspecified atom stereocenters. The van der Waals surface area contributed by atoms with Crippen LogP contribution in [-0.2, 0) is 0 Å². The van der Waals surface area contributed by atoms with Crippen LogP contribution in [0.3, 0.4) is 0 Å². The van der Waals surface area contributed by atoms with Gasteiger partial charge in [0.2, 0.25) is 0 Å². The smallest absolute Gasteiger partial charge is 0.293 e. The van der Waals surface area contributed by atoms with Crippen molar-refractivity contribution >= 4 is 39.7 Å². The molecule has 0 spiro atoms. The van der Waals surface area contributed by atoms with E-state index in [0.29, 0.717) is 28.0 Å². The lowest BCUT2D eigenvalue weighted by atomic mass is 9.98. The minimum absolute atomic E-state index is 0.0849. The fraction of sp³-hybridized carbons (Fsp3) is 0.286. The zero-order valence-corrected chi connectivity index (χ0v) is 18.1. The molecule has 0 saturated carbocycles. The third kappa shape index (κ3) is 4.47. The van der Waals surface area contributed by atoms with Crippen molar-refractivity contribution in [1.82, 2.24) is 9.97 Å². The molecule has 1 aliphatic heterocycles. The van der Waals surface area contributed by atoms with Crippen molar-refractivity contribution in [1.29, 1.82) is 0 Å². The van der Waals surface area contributed by atoms with Crippen LogP contribution in [0.5, 0.6) is 0 Å². The van der Waals surface area contributed by atoms with E-state index in [4.69, 9.17) is 5.73 Å². The van der Waals surface area contributed by atoms with Crippen LogP contribution >= 0.6 is 11.3 Å². The van der Waals surface area contributed by atoms with E-state index >= 15 is 0 Å². The molecule has 4 N–H and O–H groups in total. The molecule has 166 valence electrons. The molecular formula is C21H22N6O4S. The van der Waals surface area contributed by atoms with Gasteiger partial charge in [-0.15, -0.1) is 11.3 Å². The first kappa shape index (κ1) is 21.5. The third-order valence-corrected chi connectivity index (χ3v) is 6.29. The average molecular weight is 455 g/mol. The number of aromatic nitrogens is 2. The lowest BCUT2D eigenvalue weighted by Crippen LogP contribution is -2.33. The van der Waals surface area contributed by atoms with Crippen LogP contribution in [0, 0.1) is 16.0 Å². The largest absolute Gasteiger partial charge is 0.366 e. The minimum atomic E-state index is -0.580. The van der Waals surface area contributed by atoms with Crippen LogP contribution < -0.4 is 16.0 Å². The Morgan fingerprint density at radius 2 is 2.06 bits per heavy atom. The SMILES string of the molecule is CC1CCN(c2ccc(C(=O)Nc3nc(-c4c[nH]c(C(N)=O)c4)cs3)cc2[N+](=O)[O-])CC1. The molecule has 1 saturated heterocycles. The molecular weight excluding hydrogens is 432 g/mol. The summed E-state index contributed by atoms with van der Waals surface area (Å²) < 4.78 is 0. The molecule has 0 aliphatic carbocycles. The van der Waals surface area contributed by atoms with Gasteiger partial charge in [-0.1, -0.05) is 6.92 Å². The topological polar surface area (TPSA) is 147 Å². The number of nitro groups is 1. The predicted octanol–water partition coefficient (Wildman–Crippen LogP) is 3.63. The molecule has 0 radical (unpaired) electrons. The second-order valence-electron chi connectivity index (χ2n) is 7.79. The number of nitrogens with zero attached hydrogens (tertiary/aromatic N) is 3. The zero-order chi connectivity index (χ0) is 22.8. The van der Waals surface area contributed by atoms with E-state index in [1.807, 2.05) is 4.90 Å². The Morgan fingerprint density at radius 3 is 2.72 bits per heavy atom. The van der Waals surface area contributed by atoms with Crippen LogP contribution in [0.25, 0.3) is 11.3 Å². The highest BCUT2D eigenvalue weighted by molar-refractivity contribution is 7.14. The van der Waals surface area contributed by atoms with Gasteiger partial charge in [-0.3, -0.25) is 25.0 Å². The number of benzene rings is 1. The van der Waals surface area contributed by atoms with Crippen molar-refractivity contribution < 1.29 is 14.5 Å². The standard InChI is InChI=1S/C21H22N6O4S/c1-12-4-6-26(7-5-12)17-3-2-13(9-18(17)27(30)31)20(29)25-21-24-16(11-32-21)14-8-15(19(22)28)23-10-14/h2-3,8-12,23H,4-7H2,1H3,(H2,22,28)(H,24,25,29). The second-order valence-corrected chi connectivity index (χ2v) is 8.65. The van der Waals surface area contributed by atoms with Gasteiger partial charge in [-0.2, -0.15) is 0 Å². The monoisotopic (exact) mass is 454 g/mol. The number of primary amides is 1. The highest BCUT2D eigenvalue weighted by Crippen LogP contribution is 2.33. The maximum atomic E-state index is 12.7. The number of hydrogen-bond donors (Lipinski definition) is 3. The lowest BCUT2D eigenvalue weighted by molar-refractivity contribution is -0.384. The highest BCUT2D eigenvalue weighted by atomic mass is 32.1. The number of carbonyl (C=O) groups excluding carboxylic acids is 2. The van der Waals surface area contributed by atoms with E-state index in [1.165, 1.54) is 17.4 Å². The van der Waals surface area contributed by atoms with Crippen molar-refractivity contribution in [3.63, 3.8) is 0 Å². The van der Waals surface area contributed by atoms with Gasteiger partial charge in [0.1, 0.15) is 11.4 Å². The third-order valence-electron chi connectivity index (χ3n) is 5.53. The number of nitrogens with two attached hydrogens (primary N) is 1. The van der Waals surface area contributed by atoms with E-state index in [9.17, 15) is 19.7 Å². The summed E-state index contributed by atoms with van der Waals surface area (Å²) in [7, 11) is 0. The molecule has 1 fully saturated rings. The van der Waals surface area contributed by atoms with Crippen molar-refractivity contribution in [2.45, 2.75) is 19.8 Å². The van der Waals surface area contributed by atoms with Crippen molar-refractivity contribution in [3.05, 3.63) is 57.2 Å². The first-order valence-corrected chi connectivity index (χ1v) is 11.0. The van der Waals surface area contributed by atoms with Crippen LogP contribution in [0.4, 0.5) is 16.5 Å². The van der Waals surface area contributed by atoms with E-state index in [0.717, 1.165) is 25.9 Å². The number of nitrogens with one attached hydrogen (secondary N) is 2. The number of carbonyl (C=O) groups is 2. The molecule has 3 heterocycles. The summed E-state index contributed by atoms with van der Waals surface area (Å²) in [6.45, 7) is 3.69. The Morgan fingerprint density at radius 1 is 1.31 bits per heavy atom. The van der Waals surface area contributed by atoms with E-state index < -0.39 is 16.7 Å². The number of piperidine rings is 1. The number of amides is 2. The number of aromatic amines is 1. The van der Waals surface area contributed by atoms with E-state index in [-0.39, 0.29) is 16.9 Å². The number of thiazole rings is 1. The average Bonchev–Trinajstić information content (AvgIpc) is 3.43. The normalized spacial score (nSPS) is 14.3. The predicted molar refractivity (Wildman–Crippen MR) is 122 cm³/mol. The molecule has 10 nitrogen and oxygen atoms in total. The maximum Gasteiger partial charge on any atom is 0.293 e. The molecule has 2 aromatic heterocycles. The molecule has 32 heavy (non-hydrogen) atoms. The van der Waals surface area contributed by atoms with Crippen LogP contribution in [0.15, 0.2) is 35.8 Å². The molecule has 2 amide bonds. The van der Waals surface area contributed by atoms with Gasteiger partial charge in [0.25, 0.3) is 17.5 Å². The first-order valence-electron chi connectivity index (χ1n) is 10.1. The number of anilines is 2. The summed E-state index contributed by atoms with van der Waals surface area (Å²) >= 11 is 1.21. The first-order chi connectivity index (χ1) is 15.3. The van der Waals surface area contributed by atoms with E-state index in [1.54, 1.807) is 29.8 Å². The number of H-pyrrole nitrogens is 1. The summed E-state index contributed by atoms with van der Waals surface area (Å²) in [5, 5.41) is 16.4. The Bertz CT molecular complexity index is 1180. The maximum absolute atomic E-state index is 12.7. The molecule has 4 rings (SSSR count). The van der Waals surface area contributed by atoms with Gasteiger partial charge in [0.15, 0.2) is 5.13 Å². The van der Waals surface area contributed by atoms with Crippen LogP contribution in [0.1, 0.15) is 40.6 Å². The number of rotatable bonds is 6. The Labute approximate surface area is 187 Å². The summed E-state index contributed by atoms with van der Waals surface area (Å²) in [5.74, 6) is -0.462. The lowest BCUT2D eigenvalue weighted by Gasteiger charge is -2.31. The van der Waals surface area contributed by atoms with Gasteiger partial charge in [-0.25, -0.2) is 4.98 Å². The Hall–Kier alpha value is -3.73. The Kier molecular flexibility index (Phi) is 5.91. The fourth-order valence-corrected chi connectivity index (χ4v) is 4.36. The van der Waals surface area contributed by atoms with Gasteiger partial charge in [0.05, 0.1) is 10.6 Å². The molecule has 11 heteroatoms. The second kappa shape index (κ2) is 8.79. The van der Waals surface area contributed by atoms with Gasteiger partial charge in [-0.05, 0) is 37.0 Å². The fourth-order valence-electron chi connectivity index (χ4n) is 3.65. The summed E-state index contributed by atoms with van der Waals surface area (Å²) in [5.41, 5.74) is 7.35.